The highest BCUT2D eigenvalue weighted by atomic mass is 19.1. The van der Waals surface area contributed by atoms with Crippen LogP contribution in [0.2, 0.25) is 0 Å². The quantitative estimate of drug-likeness (QED) is 0.787. The van der Waals surface area contributed by atoms with Gasteiger partial charge in [-0.3, -0.25) is 9.59 Å². The van der Waals surface area contributed by atoms with Gasteiger partial charge in [-0.25, -0.2) is 4.39 Å². The number of hydrogen-bond donors (Lipinski definition) is 1. The molecule has 8 heteroatoms. The van der Waals surface area contributed by atoms with Crippen molar-refractivity contribution in [2.45, 2.75) is 12.5 Å². The molecule has 2 amide bonds. The van der Waals surface area contributed by atoms with Crippen molar-refractivity contribution < 1.29 is 28.2 Å². The van der Waals surface area contributed by atoms with Crippen LogP contribution in [0.5, 0.6) is 17.2 Å². The SMILES string of the molecule is COc1ccc(N2C[C@H](NC(=O)COc3ccc(F)cc3)CC2=O)cc1OC. The van der Waals surface area contributed by atoms with E-state index < -0.39 is 0 Å². The van der Waals surface area contributed by atoms with E-state index in [2.05, 4.69) is 5.32 Å². The molecular weight excluding hydrogens is 367 g/mol. The number of amides is 2. The maximum atomic E-state index is 12.9. The molecule has 0 spiro atoms. The minimum atomic E-state index is -0.378. The number of benzene rings is 2. The zero-order valence-electron chi connectivity index (χ0n) is 15.6. The number of nitrogens with one attached hydrogen (secondary N) is 1. The summed E-state index contributed by atoms with van der Waals surface area (Å²) in [7, 11) is 3.07. The minimum absolute atomic E-state index is 0.100. The summed E-state index contributed by atoms with van der Waals surface area (Å²) >= 11 is 0. The van der Waals surface area contributed by atoms with Crippen LogP contribution in [0.15, 0.2) is 42.5 Å². The van der Waals surface area contributed by atoms with Gasteiger partial charge in [0.25, 0.3) is 5.91 Å². The van der Waals surface area contributed by atoms with Crippen LogP contribution in [0, 0.1) is 5.82 Å². The van der Waals surface area contributed by atoms with Crippen LogP contribution in [0.25, 0.3) is 0 Å². The third-order valence-corrected chi connectivity index (χ3v) is 4.35. The number of nitrogens with zero attached hydrogens (tertiary/aromatic N) is 1. The average Bonchev–Trinajstić information content (AvgIpc) is 3.06. The summed E-state index contributed by atoms with van der Waals surface area (Å²) in [5.74, 6) is 0.657. The fourth-order valence-electron chi connectivity index (χ4n) is 3.00. The summed E-state index contributed by atoms with van der Waals surface area (Å²) in [5, 5.41) is 2.79. The molecule has 0 aliphatic carbocycles. The number of rotatable bonds is 7. The Hall–Kier alpha value is -3.29. The molecule has 2 aromatic carbocycles. The lowest BCUT2D eigenvalue weighted by Crippen LogP contribution is -2.39. The van der Waals surface area contributed by atoms with E-state index in [9.17, 15) is 14.0 Å². The topological polar surface area (TPSA) is 77.1 Å². The molecule has 7 nitrogen and oxygen atoms in total. The number of ether oxygens (including phenoxy) is 3. The molecule has 0 radical (unpaired) electrons. The Bertz CT molecular complexity index is 856. The molecular formula is C20H21FN2O5. The number of anilines is 1. The Labute approximate surface area is 162 Å². The Morgan fingerprint density at radius 3 is 2.54 bits per heavy atom. The summed E-state index contributed by atoms with van der Waals surface area (Å²) in [6, 6.07) is 10.3. The first kappa shape index (κ1) is 19.5. The zero-order chi connectivity index (χ0) is 20.1. The van der Waals surface area contributed by atoms with Gasteiger partial charge in [-0.1, -0.05) is 0 Å². The molecule has 1 atom stereocenters. The maximum absolute atomic E-state index is 12.9. The highest BCUT2D eigenvalue weighted by Crippen LogP contribution is 2.33. The van der Waals surface area contributed by atoms with Crippen LogP contribution < -0.4 is 24.4 Å². The summed E-state index contributed by atoms with van der Waals surface area (Å²) < 4.78 is 28.7. The molecule has 28 heavy (non-hydrogen) atoms. The molecule has 1 fully saturated rings. The smallest absolute Gasteiger partial charge is 0.258 e. The number of hydrogen-bond acceptors (Lipinski definition) is 5. The molecule has 2 aromatic rings. The van der Waals surface area contributed by atoms with Gasteiger partial charge < -0.3 is 24.4 Å². The molecule has 0 unspecified atom stereocenters. The largest absolute Gasteiger partial charge is 0.493 e. The van der Waals surface area contributed by atoms with E-state index in [1.165, 1.54) is 38.5 Å². The summed E-state index contributed by atoms with van der Waals surface area (Å²) in [5.41, 5.74) is 0.668. The second-order valence-electron chi connectivity index (χ2n) is 6.25. The van der Waals surface area contributed by atoms with Crippen molar-refractivity contribution in [2.75, 3.05) is 32.3 Å². The lowest BCUT2D eigenvalue weighted by atomic mass is 10.2. The van der Waals surface area contributed by atoms with E-state index in [1.807, 2.05) is 0 Å². The van der Waals surface area contributed by atoms with E-state index in [0.717, 1.165) is 0 Å². The maximum Gasteiger partial charge on any atom is 0.258 e. The highest BCUT2D eigenvalue weighted by molar-refractivity contribution is 5.97. The zero-order valence-corrected chi connectivity index (χ0v) is 15.6. The first-order chi connectivity index (χ1) is 13.5. The van der Waals surface area contributed by atoms with Crippen LogP contribution in [-0.4, -0.2) is 45.2 Å². The minimum Gasteiger partial charge on any atom is -0.493 e. The van der Waals surface area contributed by atoms with Crippen molar-refractivity contribution in [3.05, 3.63) is 48.3 Å². The molecule has 1 heterocycles. The second-order valence-corrected chi connectivity index (χ2v) is 6.25. The van der Waals surface area contributed by atoms with Gasteiger partial charge in [-0.15, -0.1) is 0 Å². The summed E-state index contributed by atoms with van der Waals surface area (Å²) in [6.45, 7) is 0.128. The predicted octanol–water partition coefficient (Wildman–Crippen LogP) is 2.14. The average molecular weight is 388 g/mol. The number of methoxy groups -OCH3 is 2. The predicted molar refractivity (Wildman–Crippen MR) is 100 cm³/mol. The molecule has 3 rings (SSSR count). The van der Waals surface area contributed by atoms with Crippen molar-refractivity contribution in [1.29, 1.82) is 0 Å². The van der Waals surface area contributed by atoms with Crippen LogP contribution >= 0.6 is 0 Å². The molecule has 1 saturated heterocycles. The lowest BCUT2D eigenvalue weighted by Gasteiger charge is -2.19. The van der Waals surface area contributed by atoms with Crippen LogP contribution in [0.3, 0.4) is 0 Å². The van der Waals surface area contributed by atoms with Crippen LogP contribution in [0.1, 0.15) is 6.42 Å². The van der Waals surface area contributed by atoms with Crippen molar-refractivity contribution in [2.24, 2.45) is 0 Å². The van der Waals surface area contributed by atoms with Crippen molar-refractivity contribution >= 4 is 17.5 Å². The fourth-order valence-corrected chi connectivity index (χ4v) is 3.00. The van der Waals surface area contributed by atoms with E-state index in [4.69, 9.17) is 14.2 Å². The molecule has 0 bridgehead atoms. The molecule has 0 saturated carbocycles. The monoisotopic (exact) mass is 388 g/mol. The lowest BCUT2D eigenvalue weighted by molar-refractivity contribution is -0.123. The Balaban J connectivity index is 1.56. The first-order valence-electron chi connectivity index (χ1n) is 8.70. The van der Waals surface area contributed by atoms with Crippen molar-refractivity contribution in [3.8, 4) is 17.2 Å². The van der Waals surface area contributed by atoms with Crippen LogP contribution in [0.4, 0.5) is 10.1 Å². The Morgan fingerprint density at radius 1 is 1.14 bits per heavy atom. The van der Waals surface area contributed by atoms with E-state index in [-0.39, 0.29) is 36.7 Å². The van der Waals surface area contributed by atoms with Crippen molar-refractivity contribution in [1.82, 2.24) is 5.32 Å². The van der Waals surface area contributed by atoms with Gasteiger partial charge >= 0.3 is 0 Å². The number of halogens is 1. The van der Waals surface area contributed by atoms with Gasteiger partial charge in [-0.2, -0.15) is 0 Å². The van der Waals surface area contributed by atoms with Gasteiger partial charge in [-0.05, 0) is 36.4 Å². The van der Waals surface area contributed by atoms with Gasteiger partial charge in [0.1, 0.15) is 11.6 Å². The fraction of sp³-hybridized carbons (Fsp3) is 0.300. The Morgan fingerprint density at radius 2 is 1.86 bits per heavy atom. The first-order valence-corrected chi connectivity index (χ1v) is 8.70. The highest BCUT2D eigenvalue weighted by Gasteiger charge is 2.32. The standard InChI is InChI=1S/C20H21FN2O5/c1-26-17-8-5-15(10-18(17)27-2)23-11-14(9-20(23)25)22-19(24)12-28-16-6-3-13(21)4-7-16/h3-8,10,14H,9,11-12H2,1-2H3,(H,22,24)/t14-/m1/s1. The number of carbonyl (C=O) groups is 2. The number of carbonyl (C=O) groups excluding carboxylic acids is 2. The second kappa shape index (κ2) is 8.60. The van der Waals surface area contributed by atoms with E-state index in [0.29, 0.717) is 29.5 Å². The summed E-state index contributed by atoms with van der Waals surface area (Å²) in [4.78, 5) is 26.1. The normalized spacial score (nSPS) is 16.0. The van der Waals surface area contributed by atoms with E-state index >= 15 is 0 Å². The third-order valence-electron chi connectivity index (χ3n) is 4.35. The van der Waals surface area contributed by atoms with Crippen LogP contribution in [-0.2, 0) is 9.59 Å². The molecule has 148 valence electrons. The van der Waals surface area contributed by atoms with Gasteiger partial charge in [0, 0.05) is 24.7 Å². The third kappa shape index (κ3) is 4.51. The molecule has 1 aliphatic rings. The molecule has 1 N–H and O–H groups in total. The van der Waals surface area contributed by atoms with E-state index in [1.54, 1.807) is 23.1 Å². The van der Waals surface area contributed by atoms with Crippen molar-refractivity contribution in [3.63, 3.8) is 0 Å². The van der Waals surface area contributed by atoms with Gasteiger partial charge in [0.2, 0.25) is 5.91 Å². The Kier molecular flexibility index (Phi) is 5.98. The van der Waals surface area contributed by atoms with Gasteiger partial charge in [0.05, 0.1) is 20.3 Å². The van der Waals surface area contributed by atoms with Gasteiger partial charge in [0.15, 0.2) is 18.1 Å². The molecule has 1 aliphatic heterocycles. The summed E-state index contributed by atoms with van der Waals surface area (Å²) in [6.07, 6.45) is 0.191. The molecule has 0 aromatic heterocycles.